The molecule has 3 rings (SSSR count). The molecule has 7 nitrogen and oxygen atoms in total. The first kappa shape index (κ1) is 21.4. The number of halogens is 3. The number of nitrogens with one attached hydrogen (secondary N) is 3. The van der Waals surface area contributed by atoms with Crippen LogP contribution in [0, 0.1) is 0 Å². The molecule has 3 N–H and O–H groups in total. The number of amides is 1. The van der Waals surface area contributed by atoms with Gasteiger partial charge in [-0.3, -0.25) is 9.79 Å². The number of carbonyl (C=O) groups is 1. The third-order valence-corrected chi connectivity index (χ3v) is 4.49. The van der Waals surface area contributed by atoms with E-state index in [0.29, 0.717) is 31.0 Å². The van der Waals surface area contributed by atoms with Gasteiger partial charge in [-0.25, -0.2) is 4.98 Å². The number of hydrogen-bond acceptors (Lipinski definition) is 4. The quantitative estimate of drug-likeness (QED) is 0.493. The third kappa shape index (κ3) is 6.10. The summed E-state index contributed by atoms with van der Waals surface area (Å²) >= 11 is 0. The lowest BCUT2D eigenvalue weighted by molar-refractivity contribution is -0.154. The van der Waals surface area contributed by atoms with Gasteiger partial charge in [0.05, 0.1) is 0 Å². The number of rotatable bonds is 6. The number of aliphatic imine (C=N–C) groups is 1. The van der Waals surface area contributed by atoms with E-state index in [0.717, 1.165) is 11.3 Å². The van der Waals surface area contributed by atoms with Crippen molar-refractivity contribution in [2.75, 3.05) is 25.5 Å². The first-order chi connectivity index (χ1) is 14.3. The van der Waals surface area contributed by atoms with Crippen LogP contribution in [0.3, 0.4) is 0 Å². The number of carbonyl (C=O) groups excluding carboxylic acids is 1. The molecule has 160 valence electrons. The van der Waals surface area contributed by atoms with E-state index in [2.05, 4.69) is 30.7 Å². The highest BCUT2D eigenvalue weighted by Gasteiger charge is 2.28. The van der Waals surface area contributed by atoms with Gasteiger partial charge in [0.1, 0.15) is 0 Å². The van der Waals surface area contributed by atoms with Gasteiger partial charge in [0, 0.05) is 50.4 Å². The van der Waals surface area contributed by atoms with Crippen molar-refractivity contribution in [2.45, 2.75) is 25.1 Å². The minimum Gasteiger partial charge on any atom is -0.468 e. The zero-order valence-corrected chi connectivity index (χ0v) is 16.3. The van der Waals surface area contributed by atoms with Gasteiger partial charge in [0.25, 0.3) is 0 Å². The van der Waals surface area contributed by atoms with Crippen molar-refractivity contribution in [1.29, 1.82) is 0 Å². The number of guanidine groups is 1. The smallest absolute Gasteiger partial charge is 0.422 e. The Morgan fingerprint density at radius 2 is 2.10 bits per heavy atom. The molecule has 1 aliphatic rings. The Morgan fingerprint density at radius 1 is 1.30 bits per heavy atom. The highest BCUT2D eigenvalue weighted by molar-refractivity contribution is 5.94. The summed E-state index contributed by atoms with van der Waals surface area (Å²) in [5.74, 6) is 0.371. The fourth-order valence-corrected chi connectivity index (χ4v) is 3.11. The van der Waals surface area contributed by atoms with Crippen LogP contribution >= 0.6 is 0 Å². The molecule has 0 aliphatic carbocycles. The van der Waals surface area contributed by atoms with Crippen LogP contribution < -0.4 is 20.7 Å². The zero-order chi connectivity index (χ0) is 21.6. The van der Waals surface area contributed by atoms with Gasteiger partial charge >= 0.3 is 6.18 Å². The second-order valence-corrected chi connectivity index (χ2v) is 6.75. The van der Waals surface area contributed by atoms with Crippen LogP contribution in [0.15, 0.2) is 47.6 Å². The monoisotopic (exact) mass is 421 g/mol. The fraction of sp³-hybridized carbons (Fsp3) is 0.350. The maximum atomic E-state index is 12.3. The van der Waals surface area contributed by atoms with Crippen LogP contribution in [0.2, 0.25) is 0 Å². The molecule has 1 aromatic carbocycles. The number of anilines is 1. The number of alkyl halides is 3. The first-order valence-electron chi connectivity index (χ1n) is 9.32. The van der Waals surface area contributed by atoms with E-state index in [1.54, 1.807) is 13.1 Å². The van der Waals surface area contributed by atoms with Gasteiger partial charge in [-0.2, -0.15) is 13.2 Å². The molecule has 0 spiro atoms. The molecule has 1 atom stereocenters. The van der Waals surface area contributed by atoms with Gasteiger partial charge < -0.3 is 20.7 Å². The summed E-state index contributed by atoms with van der Waals surface area (Å²) in [6.45, 7) is -0.580. The van der Waals surface area contributed by atoms with Crippen LogP contribution in [0.5, 0.6) is 5.88 Å². The minimum absolute atomic E-state index is 0.00297. The number of ether oxygens (including phenoxy) is 1. The Bertz CT molecular complexity index is 917. The SMILES string of the molecule is CN=C(NCc1ccnc(OCC(F)(F)F)c1)NCC1CC(=O)Nc2ccccc21. The summed E-state index contributed by atoms with van der Waals surface area (Å²) < 4.78 is 41.5. The van der Waals surface area contributed by atoms with Gasteiger partial charge in [0.2, 0.25) is 11.8 Å². The van der Waals surface area contributed by atoms with Gasteiger partial charge in [-0.1, -0.05) is 18.2 Å². The van der Waals surface area contributed by atoms with E-state index in [9.17, 15) is 18.0 Å². The lowest BCUT2D eigenvalue weighted by Crippen LogP contribution is -2.40. The van der Waals surface area contributed by atoms with Crippen molar-refractivity contribution in [3.05, 3.63) is 53.7 Å². The summed E-state index contributed by atoms with van der Waals surface area (Å²) in [5.41, 5.74) is 2.56. The summed E-state index contributed by atoms with van der Waals surface area (Å²) in [5, 5.41) is 9.15. The summed E-state index contributed by atoms with van der Waals surface area (Å²) in [6, 6.07) is 10.8. The molecule has 0 saturated carbocycles. The summed E-state index contributed by atoms with van der Waals surface area (Å²) in [4.78, 5) is 19.9. The van der Waals surface area contributed by atoms with Crippen LogP contribution in [0.25, 0.3) is 0 Å². The van der Waals surface area contributed by atoms with E-state index in [-0.39, 0.29) is 17.7 Å². The standard InChI is InChI=1S/C20H22F3N5O2/c1-24-19(26-10-13-6-7-25-18(8-13)30-12-20(21,22)23)27-11-14-9-17(29)28-16-5-3-2-4-15(14)16/h2-8,14H,9-12H2,1H3,(H,28,29)(H2,24,26,27). The summed E-state index contributed by atoms with van der Waals surface area (Å²) in [6.07, 6.45) is -2.67. The molecule has 30 heavy (non-hydrogen) atoms. The van der Waals surface area contributed by atoms with Crippen LogP contribution in [0.4, 0.5) is 18.9 Å². The van der Waals surface area contributed by atoms with Gasteiger partial charge in [-0.15, -0.1) is 0 Å². The highest BCUT2D eigenvalue weighted by Crippen LogP contribution is 2.31. The molecule has 1 aromatic heterocycles. The molecular formula is C20H22F3N5O2. The number of benzene rings is 1. The molecule has 10 heteroatoms. The Kier molecular flexibility index (Phi) is 6.76. The number of fused-ring (bicyclic) bond motifs is 1. The van der Waals surface area contributed by atoms with E-state index >= 15 is 0 Å². The van der Waals surface area contributed by atoms with E-state index in [1.807, 2.05) is 24.3 Å². The van der Waals surface area contributed by atoms with E-state index < -0.39 is 12.8 Å². The molecule has 1 aliphatic heterocycles. The molecule has 0 fully saturated rings. The van der Waals surface area contributed by atoms with Crippen molar-refractivity contribution in [1.82, 2.24) is 15.6 Å². The molecular weight excluding hydrogens is 399 g/mol. The van der Waals surface area contributed by atoms with Crippen molar-refractivity contribution in [3.8, 4) is 5.88 Å². The van der Waals surface area contributed by atoms with Gasteiger partial charge in [0.15, 0.2) is 12.6 Å². The number of hydrogen-bond donors (Lipinski definition) is 3. The lowest BCUT2D eigenvalue weighted by atomic mass is 9.90. The Labute approximate surface area is 171 Å². The second-order valence-electron chi connectivity index (χ2n) is 6.75. The van der Waals surface area contributed by atoms with Gasteiger partial charge in [-0.05, 0) is 23.3 Å². The van der Waals surface area contributed by atoms with Crippen LogP contribution in [-0.2, 0) is 11.3 Å². The second kappa shape index (κ2) is 9.47. The number of pyridine rings is 1. The Morgan fingerprint density at radius 3 is 2.87 bits per heavy atom. The largest absolute Gasteiger partial charge is 0.468 e. The van der Waals surface area contributed by atoms with Crippen molar-refractivity contribution >= 4 is 17.6 Å². The average Bonchev–Trinajstić information content (AvgIpc) is 2.72. The molecule has 0 radical (unpaired) electrons. The van der Waals surface area contributed by atoms with E-state index in [4.69, 9.17) is 0 Å². The van der Waals surface area contributed by atoms with Crippen molar-refractivity contribution in [2.24, 2.45) is 4.99 Å². The Balaban J connectivity index is 1.54. The number of nitrogens with zero attached hydrogens (tertiary/aromatic N) is 2. The zero-order valence-electron chi connectivity index (χ0n) is 16.3. The average molecular weight is 421 g/mol. The van der Waals surface area contributed by atoms with Crippen LogP contribution in [0.1, 0.15) is 23.5 Å². The molecule has 1 amide bonds. The third-order valence-electron chi connectivity index (χ3n) is 4.49. The maximum absolute atomic E-state index is 12.3. The molecule has 1 unspecified atom stereocenters. The highest BCUT2D eigenvalue weighted by atomic mass is 19.4. The molecule has 2 aromatic rings. The predicted molar refractivity (Wildman–Crippen MR) is 106 cm³/mol. The number of para-hydroxylation sites is 1. The lowest BCUT2D eigenvalue weighted by Gasteiger charge is -2.26. The summed E-state index contributed by atoms with van der Waals surface area (Å²) in [7, 11) is 1.61. The van der Waals surface area contributed by atoms with Crippen molar-refractivity contribution < 1.29 is 22.7 Å². The normalized spacial score (nSPS) is 16.5. The minimum atomic E-state index is -4.42. The molecule has 0 saturated heterocycles. The molecule has 2 heterocycles. The van der Waals surface area contributed by atoms with Crippen molar-refractivity contribution in [3.63, 3.8) is 0 Å². The Hall–Kier alpha value is -3.30. The maximum Gasteiger partial charge on any atom is 0.422 e. The fourth-order valence-electron chi connectivity index (χ4n) is 3.11. The topological polar surface area (TPSA) is 87.6 Å². The predicted octanol–water partition coefficient (Wildman–Crippen LogP) is 2.81. The first-order valence-corrected chi connectivity index (χ1v) is 9.32. The molecule has 0 bridgehead atoms. The number of aromatic nitrogens is 1. The van der Waals surface area contributed by atoms with Crippen LogP contribution in [-0.4, -0.2) is 43.2 Å². The van der Waals surface area contributed by atoms with E-state index in [1.165, 1.54) is 12.3 Å².